The molecule has 0 spiro atoms. The summed E-state index contributed by atoms with van der Waals surface area (Å²) in [7, 11) is 0. The maximum atomic E-state index is 12.3. The molecule has 7 heteroatoms. The fourth-order valence-corrected chi connectivity index (χ4v) is 2.88. The van der Waals surface area contributed by atoms with Gasteiger partial charge in [0.25, 0.3) is 5.91 Å². The van der Waals surface area contributed by atoms with E-state index in [0.717, 1.165) is 18.8 Å². The van der Waals surface area contributed by atoms with Gasteiger partial charge >= 0.3 is 0 Å². The van der Waals surface area contributed by atoms with E-state index in [9.17, 15) is 9.59 Å². The Morgan fingerprint density at radius 3 is 2.68 bits per heavy atom. The van der Waals surface area contributed by atoms with Crippen molar-refractivity contribution in [3.8, 4) is 5.75 Å². The number of piperazine rings is 1. The van der Waals surface area contributed by atoms with Crippen LogP contribution in [0.3, 0.4) is 0 Å². The lowest BCUT2D eigenvalue weighted by molar-refractivity contribution is -0.133. The number of aromatic nitrogens is 1. The zero-order chi connectivity index (χ0) is 17.8. The number of aryl methyl sites for hydroxylation is 2. The standard InChI is InChI=1S/C18H21N3O4/c1-13-3-5-19-11-15(13)20-6-8-21(9-7-20)17(23)12-25-18-14(2)24-10-4-16(18)22/h3-5,10-11H,6-9,12H2,1-2H3. The first kappa shape index (κ1) is 17.0. The van der Waals surface area contributed by atoms with Gasteiger partial charge in [-0.05, 0) is 25.5 Å². The van der Waals surface area contributed by atoms with Gasteiger partial charge in [-0.3, -0.25) is 14.6 Å². The lowest BCUT2D eigenvalue weighted by Gasteiger charge is -2.36. The average Bonchev–Trinajstić information content (AvgIpc) is 2.62. The molecule has 0 aromatic carbocycles. The minimum atomic E-state index is -0.284. The molecule has 25 heavy (non-hydrogen) atoms. The van der Waals surface area contributed by atoms with Crippen molar-refractivity contribution in [1.29, 1.82) is 0 Å². The van der Waals surface area contributed by atoms with Crippen LogP contribution in [0.2, 0.25) is 0 Å². The molecule has 1 saturated heterocycles. The third-order valence-electron chi connectivity index (χ3n) is 4.33. The predicted molar refractivity (Wildman–Crippen MR) is 93.0 cm³/mol. The molecule has 132 valence electrons. The van der Waals surface area contributed by atoms with Crippen LogP contribution >= 0.6 is 0 Å². The van der Waals surface area contributed by atoms with Crippen LogP contribution in [0.15, 0.2) is 40.0 Å². The number of hydrogen-bond acceptors (Lipinski definition) is 6. The van der Waals surface area contributed by atoms with Gasteiger partial charge in [-0.1, -0.05) is 0 Å². The summed E-state index contributed by atoms with van der Waals surface area (Å²) in [6, 6.07) is 3.26. The largest absolute Gasteiger partial charge is 0.476 e. The molecule has 1 amide bonds. The van der Waals surface area contributed by atoms with Crippen LogP contribution in [0, 0.1) is 13.8 Å². The summed E-state index contributed by atoms with van der Waals surface area (Å²) < 4.78 is 10.5. The Labute approximate surface area is 145 Å². The number of ether oxygens (including phenoxy) is 1. The first-order valence-corrected chi connectivity index (χ1v) is 8.21. The van der Waals surface area contributed by atoms with E-state index in [2.05, 4.69) is 16.8 Å². The van der Waals surface area contributed by atoms with Crippen molar-refractivity contribution in [3.05, 3.63) is 52.3 Å². The smallest absolute Gasteiger partial charge is 0.260 e. The molecule has 2 aromatic rings. The maximum Gasteiger partial charge on any atom is 0.260 e. The minimum absolute atomic E-state index is 0.0977. The summed E-state index contributed by atoms with van der Waals surface area (Å²) in [4.78, 5) is 32.2. The van der Waals surface area contributed by atoms with Gasteiger partial charge < -0.3 is 19.0 Å². The van der Waals surface area contributed by atoms with Crippen molar-refractivity contribution in [1.82, 2.24) is 9.88 Å². The summed E-state index contributed by atoms with van der Waals surface area (Å²) in [6.07, 6.45) is 4.94. The topological polar surface area (TPSA) is 75.9 Å². The SMILES string of the molecule is Cc1ccncc1N1CCN(C(=O)COc2c(C)occc2=O)CC1. The normalized spacial score (nSPS) is 14.5. The van der Waals surface area contributed by atoms with Gasteiger partial charge in [0.1, 0.15) is 5.76 Å². The van der Waals surface area contributed by atoms with Crippen molar-refractivity contribution in [2.45, 2.75) is 13.8 Å². The number of pyridine rings is 1. The van der Waals surface area contributed by atoms with E-state index in [4.69, 9.17) is 9.15 Å². The highest BCUT2D eigenvalue weighted by Gasteiger charge is 2.23. The summed E-state index contributed by atoms with van der Waals surface area (Å²) in [5.41, 5.74) is 1.99. The van der Waals surface area contributed by atoms with Gasteiger partial charge in [0.15, 0.2) is 6.61 Å². The number of nitrogens with zero attached hydrogens (tertiary/aromatic N) is 3. The van der Waals surface area contributed by atoms with E-state index in [1.807, 2.05) is 12.3 Å². The number of carbonyl (C=O) groups is 1. The van der Waals surface area contributed by atoms with Crippen molar-refractivity contribution in [2.24, 2.45) is 0 Å². The second kappa shape index (κ2) is 7.38. The van der Waals surface area contributed by atoms with Crippen LogP contribution < -0.4 is 15.1 Å². The molecule has 3 rings (SSSR count). The van der Waals surface area contributed by atoms with Gasteiger partial charge in [-0.15, -0.1) is 0 Å². The molecule has 1 fully saturated rings. The average molecular weight is 343 g/mol. The van der Waals surface area contributed by atoms with Crippen LogP contribution in [0.5, 0.6) is 5.75 Å². The second-order valence-corrected chi connectivity index (χ2v) is 5.99. The number of anilines is 1. The molecule has 0 N–H and O–H groups in total. The number of hydrogen-bond donors (Lipinski definition) is 0. The highest BCUT2D eigenvalue weighted by Crippen LogP contribution is 2.19. The third kappa shape index (κ3) is 3.81. The molecular formula is C18H21N3O4. The second-order valence-electron chi connectivity index (χ2n) is 5.99. The zero-order valence-corrected chi connectivity index (χ0v) is 14.4. The summed E-state index contributed by atoms with van der Waals surface area (Å²) in [5.74, 6) is 0.336. The van der Waals surface area contributed by atoms with Gasteiger partial charge in [-0.2, -0.15) is 0 Å². The molecule has 0 aliphatic carbocycles. The first-order valence-electron chi connectivity index (χ1n) is 8.21. The molecule has 0 atom stereocenters. The van der Waals surface area contributed by atoms with E-state index >= 15 is 0 Å². The Kier molecular flexibility index (Phi) is 5.02. The first-order chi connectivity index (χ1) is 12.1. The molecule has 0 radical (unpaired) electrons. The molecule has 1 aliphatic rings. The Balaban J connectivity index is 1.55. The van der Waals surface area contributed by atoms with Crippen LogP contribution in [0.1, 0.15) is 11.3 Å². The fourth-order valence-electron chi connectivity index (χ4n) is 2.88. The van der Waals surface area contributed by atoms with Crippen molar-refractivity contribution < 1.29 is 13.9 Å². The number of carbonyl (C=O) groups excluding carboxylic acids is 1. The van der Waals surface area contributed by atoms with Crippen LogP contribution in [-0.4, -0.2) is 48.6 Å². The molecule has 0 saturated carbocycles. The molecule has 3 heterocycles. The van der Waals surface area contributed by atoms with Crippen LogP contribution in [-0.2, 0) is 4.79 Å². The molecule has 2 aromatic heterocycles. The monoisotopic (exact) mass is 343 g/mol. The predicted octanol–water partition coefficient (Wildman–Crippen LogP) is 1.38. The van der Waals surface area contributed by atoms with E-state index in [1.165, 1.54) is 17.9 Å². The molecule has 7 nitrogen and oxygen atoms in total. The lowest BCUT2D eigenvalue weighted by Crippen LogP contribution is -2.50. The van der Waals surface area contributed by atoms with E-state index in [0.29, 0.717) is 18.8 Å². The van der Waals surface area contributed by atoms with Crippen molar-refractivity contribution in [2.75, 3.05) is 37.7 Å². The molecule has 1 aliphatic heterocycles. The molecule has 0 unspecified atom stereocenters. The van der Waals surface area contributed by atoms with E-state index in [1.54, 1.807) is 18.0 Å². The quantitative estimate of drug-likeness (QED) is 0.835. The highest BCUT2D eigenvalue weighted by molar-refractivity contribution is 5.78. The Hall–Kier alpha value is -2.83. The van der Waals surface area contributed by atoms with Crippen LogP contribution in [0.25, 0.3) is 0 Å². The third-order valence-corrected chi connectivity index (χ3v) is 4.33. The Morgan fingerprint density at radius 1 is 1.24 bits per heavy atom. The van der Waals surface area contributed by atoms with E-state index in [-0.39, 0.29) is 23.7 Å². The summed E-state index contributed by atoms with van der Waals surface area (Å²) in [5, 5.41) is 0. The van der Waals surface area contributed by atoms with Crippen molar-refractivity contribution >= 4 is 11.6 Å². The fraction of sp³-hybridized carbons (Fsp3) is 0.389. The summed E-state index contributed by atoms with van der Waals surface area (Å²) >= 11 is 0. The Bertz CT molecular complexity index is 810. The van der Waals surface area contributed by atoms with Crippen molar-refractivity contribution in [3.63, 3.8) is 0 Å². The lowest BCUT2D eigenvalue weighted by atomic mass is 10.2. The Morgan fingerprint density at radius 2 is 2.00 bits per heavy atom. The highest BCUT2D eigenvalue weighted by atomic mass is 16.5. The maximum absolute atomic E-state index is 12.3. The number of amides is 1. The van der Waals surface area contributed by atoms with Gasteiger partial charge in [0.2, 0.25) is 11.2 Å². The minimum Gasteiger partial charge on any atom is -0.476 e. The number of rotatable bonds is 4. The molecular weight excluding hydrogens is 322 g/mol. The molecule has 0 bridgehead atoms. The van der Waals surface area contributed by atoms with Gasteiger partial charge in [-0.25, -0.2) is 0 Å². The van der Waals surface area contributed by atoms with Gasteiger partial charge in [0, 0.05) is 38.4 Å². The van der Waals surface area contributed by atoms with E-state index < -0.39 is 0 Å². The van der Waals surface area contributed by atoms with Crippen LogP contribution in [0.4, 0.5) is 5.69 Å². The summed E-state index contributed by atoms with van der Waals surface area (Å²) in [6.45, 7) is 6.22. The zero-order valence-electron chi connectivity index (χ0n) is 14.4. The van der Waals surface area contributed by atoms with Gasteiger partial charge in [0.05, 0.1) is 18.1 Å².